The summed E-state index contributed by atoms with van der Waals surface area (Å²) in [5, 5.41) is 8.43. The lowest BCUT2D eigenvalue weighted by atomic mass is 9.92. The fraction of sp³-hybridized carbons (Fsp3) is 0.385. The van der Waals surface area contributed by atoms with E-state index < -0.39 is 5.41 Å². The first-order valence-corrected chi connectivity index (χ1v) is 12.8. The molecule has 2 aliphatic rings. The number of ether oxygens (including phenoxy) is 2. The highest BCUT2D eigenvalue weighted by molar-refractivity contribution is 7.20. The molecule has 35 heavy (non-hydrogen) atoms. The monoisotopic (exact) mass is 489 g/mol. The van der Waals surface area contributed by atoms with Gasteiger partial charge in [0.25, 0.3) is 0 Å². The van der Waals surface area contributed by atoms with Crippen LogP contribution in [-0.2, 0) is 28.6 Å². The molecular formula is C26H28N5O3P. The molecule has 9 heteroatoms. The second-order valence-electron chi connectivity index (χ2n) is 10.4. The number of amides is 1. The average molecular weight is 490 g/mol. The molecule has 0 bridgehead atoms. The minimum absolute atomic E-state index is 0.0247. The summed E-state index contributed by atoms with van der Waals surface area (Å²) in [5.41, 5.74) is 3.64. The van der Waals surface area contributed by atoms with Gasteiger partial charge in [-0.1, -0.05) is 26.8 Å². The van der Waals surface area contributed by atoms with Crippen LogP contribution in [0, 0.1) is 0 Å². The summed E-state index contributed by atoms with van der Waals surface area (Å²) >= 11 is 0. The van der Waals surface area contributed by atoms with E-state index in [0.29, 0.717) is 5.75 Å². The number of carbonyl (C=O) groups excluding carboxylic acids is 1. The van der Waals surface area contributed by atoms with Crippen LogP contribution in [0.2, 0.25) is 0 Å². The Morgan fingerprint density at radius 2 is 1.94 bits per heavy atom. The first kappa shape index (κ1) is 22.1. The molecule has 1 saturated carbocycles. The van der Waals surface area contributed by atoms with Gasteiger partial charge in [0, 0.05) is 40.7 Å². The Labute approximate surface area is 205 Å². The highest BCUT2D eigenvalue weighted by atomic mass is 31.1. The number of nitrogens with zero attached hydrogens (tertiary/aromatic N) is 4. The third-order valence-corrected chi connectivity index (χ3v) is 7.53. The maximum atomic E-state index is 13.4. The zero-order valence-electron chi connectivity index (χ0n) is 20.1. The van der Waals surface area contributed by atoms with Gasteiger partial charge in [0.1, 0.15) is 0 Å². The van der Waals surface area contributed by atoms with Crippen molar-refractivity contribution in [3.05, 3.63) is 59.5 Å². The van der Waals surface area contributed by atoms with Crippen molar-refractivity contribution in [1.29, 1.82) is 0 Å². The molecule has 180 valence electrons. The molecule has 1 atom stereocenters. The van der Waals surface area contributed by atoms with Crippen molar-refractivity contribution in [3.63, 3.8) is 0 Å². The Kier molecular flexibility index (Phi) is 5.11. The van der Waals surface area contributed by atoms with Gasteiger partial charge in [0.05, 0.1) is 13.9 Å². The van der Waals surface area contributed by atoms with Crippen LogP contribution in [0.15, 0.2) is 42.5 Å². The van der Waals surface area contributed by atoms with Crippen LogP contribution in [0.4, 0.5) is 5.69 Å². The summed E-state index contributed by atoms with van der Waals surface area (Å²) in [5.74, 6) is 2.28. The summed E-state index contributed by atoms with van der Waals surface area (Å²) in [4.78, 5) is 17.4. The van der Waals surface area contributed by atoms with E-state index in [0.717, 1.165) is 59.5 Å². The molecule has 1 amide bonds. The number of hydrogen-bond acceptors (Lipinski definition) is 6. The van der Waals surface area contributed by atoms with Gasteiger partial charge in [-0.15, -0.1) is 9.96 Å². The van der Waals surface area contributed by atoms with Gasteiger partial charge in [-0.05, 0) is 54.8 Å². The fourth-order valence-electron chi connectivity index (χ4n) is 4.93. The van der Waals surface area contributed by atoms with Gasteiger partial charge < -0.3 is 19.4 Å². The topological polar surface area (TPSA) is 91.2 Å². The Balaban J connectivity index is 1.27. The zero-order valence-corrected chi connectivity index (χ0v) is 21.1. The van der Waals surface area contributed by atoms with Crippen LogP contribution in [-0.4, -0.2) is 32.0 Å². The predicted molar refractivity (Wildman–Crippen MR) is 136 cm³/mol. The van der Waals surface area contributed by atoms with Crippen LogP contribution < -0.4 is 14.8 Å². The SMILES string of the molecule is CC(C)(C)c1cc2cc(NC(=O)C3(c4ccc5c(c4)OCO5)CC3)ccc2n1CCc1nn[pH]n1. The van der Waals surface area contributed by atoms with Crippen molar-refractivity contribution < 1.29 is 14.3 Å². The molecule has 2 aromatic carbocycles. The molecule has 0 spiro atoms. The lowest BCUT2D eigenvalue weighted by molar-refractivity contribution is -0.118. The normalized spacial score (nSPS) is 16.2. The van der Waals surface area contributed by atoms with Gasteiger partial charge >= 0.3 is 0 Å². The second kappa shape index (κ2) is 8.09. The summed E-state index contributed by atoms with van der Waals surface area (Å²) in [6.45, 7) is 7.68. The van der Waals surface area contributed by atoms with Gasteiger partial charge in [-0.2, -0.15) is 0 Å². The molecule has 0 radical (unpaired) electrons. The number of hydrogen-bond donors (Lipinski definition) is 1. The summed E-state index contributed by atoms with van der Waals surface area (Å²) in [6.07, 6.45) is 2.40. The molecule has 6 rings (SSSR count). The minimum atomic E-state index is -0.504. The Hall–Kier alpha value is -3.38. The molecule has 1 aliphatic heterocycles. The Bertz CT molecular complexity index is 1420. The van der Waals surface area contributed by atoms with Crippen molar-refractivity contribution >= 4 is 31.0 Å². The van der Waals surface area contributed by atoms with Gasteiger partial charge in [0.15, 0.2) is 17.3 Å². The van der Waals surface area contributed by atoms with E-state index in [4.69, 9.17) is 9.47 Å². The fourth-order valence-corrected chi connectivity index (χ4v) is 5.40. The van der Waals surface area contributed by atoms with E-state index in [-0.39, 0.29) is 26.6 Å². The standard InChI is InChI=1S/C26H28N5O3P/c1-25(2,3)22-13-16-12-18(5-6-19(16)31(22)11-8-23-28-30-35-29-23)27-24(32)26(9-10-26)17-4-7-20-21(14-17)34-15-33-20/h4-7,12-14,35H,8-11,15H2,1-3H3,(H,27,32). The highest BCUT2D eigenvalue weighted by Crippen LogP contribution is 2.51. The Morgan fingerprint density at radius 3 is 2.69 bits per heavy atom. The lowest BCUT2D eigenvalue weighted by Crippen LogP contribution is -2.27. The third-order valence-electron chi connectivity index (χ3n) is 6.99. The number of aromatic nitrogens is 4. The van der Waals surface area contributed by atoms with Gasteiger partial charge in [0.2, 0.25) is 12.7 Å². The maximum Gasteiger partial charge on any atom is 0.235 e. The summed E-state index contributed by atoms with van der Waals surface area (Å²) < 4.78 is 17.7. The van der Waals surface area contributed by atoms with E-state index in [1.54, 1.807) is 0 Å². The molecule has 1 aliphatic carbocycles. The van der Waals surface area contributed by atoms with E-state index >= 15 is 0 Å². The zero-order chi connectivity index (χ0) is 24.2. The third kappa shape index (κ3) is 3.96. The maximum absolute atomic E-state index is 13.4. The van der Waals surface area contributed by atoms with Crippen molar-refractivity contribution in [3.8, 4) is 11.5 Å². The van der Waals surface area contributed by atoms with E-state index in [9.17, 15) is 4.79 Å². The van der Waals surface area contributed by atoms with E-state index in [2.05, 4.69) is 63.6 Å². The van der Waals surface area contributed by atoms with E-state index in [1.807, 2.05) is 24.3 Å². The van der Waals surface area contributed by atoms with Crippen LogP contribution in [0.1, 0.15) is 50.7 Å². The largest absolute Gasteiger partial charge is 0.454 e. The van der Waals surface area contributed by atoms with E-state index in [1.165, 1.54) is 5.69 Å². The predicted octanol–water partition coefficient (Wildman–Crippen LogP) is 4.80. The molecule has 3 heterocycles. The number of fused-ring (bicyclic) bond motifs is 2. The quantitative estimate of drug-likeness (QED) is 0.419. The number of rotatable bonds is 6. The van der Waals surface area contributed by atoms with Gasteiger partial charge in [-0.25, -0.2) is 4.75 Å². The smallest absolute Gasteiger partial charge is 0.235 e. The number of nitrogens with one attached hydrogen (secondary N) is 1. The average Bonchev–Trinajstić information content (AvgIpc) is 3.17. The number of anilines is 1. The second-order valence-corrected chi connectivity index (χ2v) is 11.0. The molecule has 2 aromatic heterocycles. The molecule has 1 fully saturated rings. The molecule has 4 aromatic rings. The van der Waals surface area contributed by atoms with Crippen molar-refractivity contribution in [1.82, 2.24) is 19.3 Å². The van der Waals surface area contributed by atoms with Gasteiger partial charge in [-0.3, -0.25) is 4.79 Å². The molecule has 1 N–H and O–H groups in total. The Morgan fingerprint density at radius 1 is 1.11 bits per heavy atom. The lowest BCUT2D eigenvalue weighted by Gasteiger charge is -2.22. The van der Waals surface area contributed by atoms with Crippen LogP contribution in [0.3, 0.4) is 0 Å². The first-order chi connectivity index (χ1) is 16.8. The molecule has 0 saturated heterocycles. The minimum Gasteiger partial charge on any atom is -0.454 e. The van der Waals surface area contributed by atoms with Crippen molar-refractivity contribution in [2.45, 2.75) is 57.4 Å². The van der Waals surface area contributed by atoms with Crippen LogP contribution >= 0.6 is 8.51 Å². The highest BCUT2D eigenvalue weighted by Gasteiger charge is 2.51. The summed E-state index contributed by atoms with van der Waals surface area (Å²) in [6, 6.07) is 14.2. The van der Waals surface area contributed by atoms with Crippen LogP contribution in [0.25, 0.3) is 10.9 Å². The number of aryl methyl sites for hydroxylation is 2. The molecule has 1 unspecified atom stereocenters. The van der Waals surface area contributed by atoms with Crippen LogP contribution in [0.5, 0.6) is 11.5 Å². The number of benzene rings is 2. The first-order valence-electron chi connectivity index (χ1n) is 11.9. The number of carbonyl (C=O) groups is 1. The van der Waals surface area contributed by atoms with Crippen molar-refractivity contribution in [2.75, 3.05) is 12.1 Å². The molecule has 8 nitrogen and oxygen atoms in total. The van der Waals surface area contributed by atoms with Crippen molar-refractivity contribution in [2.24, 2.45) is 0 Å². The summed E-state index contributed by atoms with van der Waals surface area (Å²) in [7, 11) is 0.202. The molecular weight excluding hydrogens is 461 g/mol.